The number of carbonyl (C=O) groups excluding carboxylic acids is 1. The molecule has 0 aromatic heterocycles. The highest BCUT2D eigenvalue weighted by molar-refractivity contribution is 6.04. The second-order valence-corrected chi connectivity index (χ2v) is 6.71. The van der Waals surface area contributed by atoms with Gasteiger partial charge in [0, 0.05) is 12.7 Å². The quantitative estimate of drug-likeness (QED) is 0.497. The van der Waals surface area contributed by atoms with Crippen molar-refractivity contribution in [1.82, 2.24) is 5.32 Å². The predicted molar refractivity (Wildman–Crippen MR) is 106 cm³/mol. The van der Waals surface area contributed by atoms with Crippen LogP contribution in [0, 0.1) is 6.92 Å². The SMILES string of the molecule is COCCOC(=NC1CCCc2ccccc21)NC(=O)c1cccc(C)c1. The van der Waals surface area contributed by atoms with Crippen molar-refractivity contribution in [3.05, 3.63) is 70.8 Å². The molecule has 142 valence electrons. The molecule has 1 atom stereocenters. The van der Waals surface area contributed by atoms with Gasteiger partial charge in [0.2, 0.25) is 0 Å². The lowest BCUT2D eigenvalue weighted by Crippen LogP contribution is -2.34. The number of amidine groups is 1. The smallest absolute Gasteiger partial charge is 0.292 e. The molecule has 3 rings (SSSR count). The monoisotopic (exact) mass is 366 g/mol. The van der Waals surface area contributed by atoms with Crippen LogP contribution >= 0.6 is 0 Å². The lowest BCUT2D eigenvalue weighted by Gasteiger charge is -2.23. The Bertz CT molecular complexity index is 817. The molecule has 2 aromatic rings. The summed E-state index contributed by atoms with van der Waals surface area (Å²) >= 11 is 0. The van der Waals surface area contributed by atoms with E-state index in [2.05, 4.69) is 23.5 Å². The molecule has 1 amide bonds. The third-order valence-electron chi connectivity index (χ3n) is 4.64. The molecule has 1 aliphatic rings. The van der Waals surface area contributed by atoms with Crippen LogP contribution in [0.3, 0.4) is 0 Å². The van der Waals surface area contributed by atoms with E-state index in [1.807, 2.05) is 31.2 Å². The highest BCUT2D eigenvalue weighted by Gasteiger charge is 2.21. The first-order chi connectivity index (χ1) is 13.2. The average Bonchev–Trinajstić information content (AvgIpc) is 2.68. The summed E-state index contributed by atoms with van der Waals surface area (Å²) in [7, 11) is 1.61. The number of hydrogen-bond acceptors (Lipinski definition) is 4. The normalized spacial score (nSPS) is 16.5. The van der Waals surface area contributed by atoms with Crippen LogP contribution in [0.15, 0.2) is 53.5 Å². The number of hydrogen-bond donors (Lipinski definition) is 1. The Balaban J connectivity index is 1.81. The maximum atomic E-state index is 12.6. The fourth-order valence-corrected chi connectivity index (χ4v) is 3.29. The third-order valence-corrected chi connectivity index (χ3v) is 4.64. The highest BCUT2D eigenvalue weighted by atomic mass is 16.5. The number of nitrogens with one attached hydrogen (secondary N) is 1. The second kappa shape index (κ2) is 9.33. The minimum absolute atomic E-state index is 0.00898. The predicted octanol–water partition coefficient (Wildman–Crippen LogP) is 3.82. The molecule has 0 bridgehead atoms. The minimum atomic E-state index is -0.223. The van der Waals surface area contributed by atoms with Gasteiger partial charge in [0.1, 0.15) is 6.61 Å². The topological polar surface area (TPSA) is 59.9 Å². The molecular weight excluding hydrogens is 340 g/mol. The van der Waals surface area contributed by atoms with E-state index in [1.165, 1.54) is 11.1 Å². The Morgan fingerprint density at radius 1 is 1.19 bits per heavy atom. The number of amides is 1. The van der Waals surface area contributed by atoms with E-state index in [0.29, 0.717) is 18.8 Å². The van der Waals surface area contributed by atoms with Gasteiger partial charge in [-0.15, -0.1) is 0 Å². The van der Waals surface area contributed by atoms with Crippen molar-refractivity contribution in [3.8, 4) is 0 Å². The molecule has 0 heterocycles. The number of benzene rings is 2. The van der Waals surface area contributed by atoms with Gasteiger partial charge in [-0.1, -0.05) is 42.0 Å². The molecule has 27 heavy (non-hydrogen) atoms. The maximum absolute atomic E-state index is 12.6. The Morgan fingerprint density at radius 3 is 2.85 bits per heavy atom. The van der Waals surface area contributed by atoms with Crippen LogP contribution in [-0.4, -0.2) is 32.3 Å². The number of rotatable bonds is 5. The van der Waals surface area contributed by atoms with Crippen LogP contribution in [-0.2, 0) is 15.9 Å². The molecule has 0 fully saturated rings. The minimum Gasteiger partial charge on any atom is -0.463 e. The van der Waals surface area contributed by atoms with Crippen LogP contribution in [0.1, 0.15) is 45.9 Å². The summed E-state index contributed by atoms with van der Waals surface area (Å²) in [5.41, 5.74) is 4.14. The number of nitrogens with zero attached hydrogens (tertiary/aromatic N) is 1. The van der Waals surface area contributed by atoms with E-state index in [4.69, 9.17) is 14.5 Å². The first-order valence-electron chi connectivity index (χ1n) is 9.32. The number of carbonyl (C=O) groups is 1. The summed E-state index contributed by atoms with van der Waals surface area (Å²) < 4.78 is 10.8. The maximum Gasteiger partial charge on any atom is 0.292 e. The second-order valence-electron chi connectivity index (χ2n) is 6.71. The lowest BCUT2D eigenvalue weighted by molar-refractivity contribution is 0.0953. The molecule has 0 saturated carbocycles. The molecule has 1 N–H and O–H groups in total. The third kappa shape index (κ3) is 5.17. The van der Waals surface area contributed by atoms with Gasteiger partial charge in [-0.2, -0.15) is 0 Å². The zero-order chi connectivity index (χ0) is 19.1. The van der Waals surface area contributed by atoms with Crippen LogP contribution in [0.4, 0.5) is 0 Å². The van der Waals surface area contributed by atoms with Gasteiger partial charge < -0.3 is 9.47 Å². The van der Waals surface area contributed by atoms with Crippen LogP contribution in [0.2, 0.25) is 0 Å². The Morgan fingerprint density at radius 2 is 2.04 bits per heavy atom. The fourth-order valence-electron chi connectivity index (χ4n) is 3.29. The van der Waals surface area contributed by atoms with E-state index in [1.54, 1.807) is 13.2 Å². The van der Waals surface area contributed by atoms with Crippen molar-refractivity contribution in [3.63, 3.8) is 0 Å². The first kappa shape index (κ1) is 19.1. The summed E-state index contributed by atoms with van der Waals surface area (Å²) in [5.74, 6) is -0.223. The molecule has 0 aliphatic heterocycles. The zero-order valence-electron chi connectivity index (χ0n) is 15.9. The standard InChI is InChI=1S/C22H26N2O3/c1-16-7-5-10-18(15-16)21(25)24-22(27-14-13-26-2)23-20-12-6-9-17-8-3-4-11-19(17)20/h3-5,7-8,10-11,15,20H,6,9,12-14H2,1-2H3,(H,23,24,25). The number of aryl methyl sites for hydroxylation is 2. The van der Waals surface area contributed by atoms with Crippen LogP contribution < -0.4 is 5.32 Å². The van der Waals surface area contributed by atoms with Crippen molar-refractivity contribution in [2.24, 2.45) is 4.99 Å². The molecular formula is C22H26N2O3. The molecule has 5 heteroatoms. The van der Waals surface area contributed by atoms with Gasteiger partial charge in [-0.3, -0.25) is 10.1 Å². The zero-order valence-corrected chi connectivity index (χ0v) is 15.9. The van der Waals surface area contributed by atoms with Gasteiger partial charge >= 0.3 is 0 Å². The van der Waals surface area contributed by atoms with E-state index in [9.17, 15) is 4.79 Å². The van der Waals surface area contributed by atoms with Gasteiger partial charge in [0.15, 0.2) is 0 Å². The van der Waals surface area contributed by atoms with Crippen LogP contribution in [0.25, 0.3) is 0 Å². The average molecular weight is 366 g/mol. The Kier molecular flexibility index (Phi) is 6.60. The Labute approximate surface area is 160 Å². The molecule has 0 spiro atoms. The lowest BCUT2D eigenvalue weighted by atomic mass is 9.88. The summed E-state index contributed by atoms with van der Waals surface area (Å²) in [6.07, 6.45) is 3.08. The number of ether oxygens (including phenoxy) is 2. The van der Waals surface area contributed by atoms with Crippen molar-refractivity contribution in [2.75, 3.05) is 20.3 Å². The highest BCUT2D eigenvalue weighted by Crippen LogP contribution is 2.32. The van der Waals surface area contributed by atoms with Crippen molar-refractivity contribution < 1.29 is 14.3 Å². The summed E-state index contributed by atoms with van der Waals surface area (Å²) in [6, 6.07) is 16.0. The van der Waals surface area contributed by atoms with Crippen molar-refractivity contribution in [1.29, 1.82) is 0 Å². The van der Waals surface area contributed by atoms with Crippen molar-refractivity contribution >= 4 is 11.9 Å². The number of methoxy groups -OCH3 is 1. The largest absolute Gasteiger partial charge is 0.463 e. The van der Waals surface area contributed by atoms with E-state index in [0.717, 1.165) is 24.8 Å². The first-order valence-corrected chi connectivity index (χ1v) is 9.32. The Hall–Kier alpha value is -2.66. The van der Waals surface area contributed by atoms with Crippen LogP contribution in [0.5, 0.6) is 0 Å². The molecule has 0 radical (unpaired) electrons. The van der Waals surface area contributed by atoms with E-state index >= 15 is 0 Å². The molecule has 1 unspecified atom stereocenters. The van der Waals surface area contributed by atoms with Gasteiger partial charge in [0.25, 0.3) is 11.9 Å². The summed E-state index contributed by atoms with van der Waals surface area (Å²) in [6.45, 7) is 2.72. The summed E-state index contributed by atoms with van der Waals surface area (Å²) in [5, 5.41) is 2.83. The van der Waals surface area contributed by atoms with Crippen molar-refractivity contribution in [2.45, 2.75) is 32.2 Å². The number of aliphatic imine (C=N–C) groups is 1. The fraction of sp³-hybridized carbons (Fsp3) is 0.364. The van der Waals surface area contributed by atoms with E-state index < -0.39 is 0 Å². The molecule has 1 aliphatic carbocycles. The van der Waals surface area contributed by atoms with Gasteiger partial charge in [0.05, 0.1) is 12.6 Å². The van der Waals surface area contributed by atoms with Gasteiger partial charge in [-0.25, -0.2) is 4.99 Å². The van der Waals surface area contributed by atoms with Gasteiger partial charge in [-0.05, 0) is 49.4 Å². The molecule has 0 saturated heterocycles. The molecule has 2 aromatic carbocycles. The number of fused-ring (bicyclic) bond motifs is 1. The summed E-state index contributed by atoms with van der Waals surface area (Å²) in [4.78, 5) is 17.4. The van der Waals surface area contributed by atoms with E-state index in [-0.39, 0.29) is 18.0 Å². The molecule has 5 nitrogen and oxygen atoms in total.